The first kappa shape index (κ1) is 23.1. The second kappa shape index (κ2) is 9.45. The number of fused-ring (bicyclic) bond motifs is 1. The monoisotopic (exact) mass is 459 g/mol. The minimum Gasteiger partial charge on any atom is -0.367 e. The standard InChI is InChI=1S/C25H28F3N3O2/c1-17(32)31-14-3-2-6-23(31)24(33)29-21-11-12-22-19(15-21)5-4-13-30(22)16-18-7-9-20(10-8-18)25(26,27)28/h7-12,15,23H,2-6,13-14,16H2,1H3,(H,29,33)/t23-/m1/s1. The van der Waals surface area contributed by atoms with Crippen molar-refractivity contribution >= 4 is 23.2 Å². The van der Waals surface area contributed by atoms with Gasteiger partial charge >= 0.3 is 6.18 Å². The van der Waals surface area contributed by atoms with E-state index in [0.717, 1.165) is 61.2 Å². The van der Waals surface area contributed by atoms with E-state index in [9.17, 15) is 22.8 Å². The van der Waals surface area contributed by atoms with E-state index in [-0.39, 0.29) is 11.8 Å². The van der Waals surface area contributed by atoms with E-state index < -0.39 is 17.8 Å². The van der Waals surface area contributed by atoms with Crippen molar-refractivity contribution in [2.75, 3.05) is 23.3 Å². The van der Waals surface area contributed by atoms with Gasteiger partial charge in [0, 0.05) is 37.9 Å². The number of likely N-dealkylation sites (tertiary alicyclic amines) is 1. The summed E-state index contributed by atoms with van der Waals surface area (Å²) in [6, 6.07) is 10.6. The molecule has 8 heteroatoms. The van der Waals surface area contributed by atoms with Crippen molar-refractivity contribution in [3.63, 3.8) is 0 Å². The van der Waals surface area contributed by atoms with Crippen LogP contribution in [-0.2, 0) is 28.7 Å². The summed E-state index contributed by atoms with van der Waals surface area (Å²) in [5.74, 6) is -0.249. The number of nitrogens with one attached hydrogen (secondary N) is 1. The Kier molecular flexibility index (Phi) is 6.63. The van der Waals surface area contributed by atoms with Gasteiger partial charge in [-0.25, -0.2) is 0 Å². The second-order valence-electron chi connectivity index (χ2n) is 8.78. The summed E-state index contributed by atoms with van der Waals surface area (Å²) < 4.78 is 38.5. The lowest BCUT2D eigenvalue weighted by molar-refractivity contribution is -0.138. The number of nitrogens with zero attached hydrogens (tertiary/aromatic N) is 2. The molecule has 2 heterocycles. The van der Waals surface area contributed by atoms with Crippen LogP contribution in [0, 0.1) is 0 Å². The molecule has 5 nitrogen and oxygen atoms in total. The minimum absolute atomic E-state index is 0.0841. The Morgan fingerprint density at radius 2 is 1.79 bits per heavy atom. The molecule has 0 radical (unpaired) electrons. The summed E-state index contributed by atoms with van der Waals surface area (Å²) in [6.07, 6.45) is -0.0489. The van der Waals surface area contributed by atoms with E-state index in [2.05, 4.69) is 10.2 Å². The zero-order valence-electron chi connectivity index (χ0n) is 18.6. The minimum atomic E-state index is -4.34. The van der Waals surface area contributed by atoms with Crippen molar-refractivity contribution < 1.29 is 22.8 Å². The number of aryl methyl sites for hydroxylation is 1. The number of benzene rings is 2. The third-order valence-corrected chi connectivity index (χ3v) is 6.43. The molecular formula is C25H28F3N3O2. The van der Waals surface area contributed by atoms with Crippen molar-refractivity contribution in [1.82, 2.24) is 4.90 Å². The molecule has 1 fully saturated rings. The largest absolute Gasteiger partial charge is 0.416 e. The molecule has 2 aliphatic heterocycles. The van der Waals surface area contributed by atoms with Gasteiger partial charge in [-0.05, 0) is 73.6 Å². The van der Waals surface area contributed by atoms with Gasteiger partial charge in [0.25, 0.3) is 0 Å². The van der Waals surface area contributed by atoms with Crippen LogP contribution in [0.1, 0.15) is 49.3 Å². The van der Waals surface area contributed by atoms with Crippen LogP contribution >= 0.6 is 0 Å². The third kappa shape index (κ3) is 5.31. The number of halogens is 3. The highest BCUT2D eigenvalue weighted by molar-refractivity contribution is 5.97. The number of hydrogen-bond acceptors (Lipinski definition) is 3. The van der Waals surface area contributed by atoms with Crippen LogP contribution in [0.5, 0.6) is 0 Å². The van der Waals surface area contributed by atoms with Crippen LogP contribution in [0.4, 0.5) is 24.5 Å². The molecule has 2 aromatic rings. The molecule has 0 aliphatic carbocycles. The number of alkyl halides is 3. The number of rotatable bonds is 4. The van der Waals surface area contributed by atoms with Gasteiger partial charge in [0.1, 0.15) is 6.04 Å². The van der Waals surface area contributed by atoms with Crippen molar-refractivity contribution in [2.24, 2.45) is 0 Å². The van der Waals surface area contributed by atoms with Gasteiger partial charge in [-0.15, -0.1) is 0 Å². The average Bonchev–Trinajstić information content (AvgIpc) is 2.79. The zero-order chi connectivity index (χ0) is 23.6. The molecular weight excluding hydrogens is 431 g/mol. The number of carbonyl (C=O) groups is 2. The first-order valence-corrected chi connectivity index (χ1v) is 11.3. The fourth-order valence-corrected chi connectivity index (χ4v) is 4.74. The predicted molar refractivity (Wildman–Crippen MR) is 121 cm³/mol. The van der Waals surface area contributed by atoms with Crippen molar-refractivity contribution in [1.29, 1.82) is 0 Å². The second-order valence-corrected chi connectivity index (χ2v) is 8.78. The van der Waals surface area contributed by atoms with Gasteiger partial charge in [0.2, 0.25) is 11.8 Å². The van der Waals surface area contributed by atoms with Crippen LogP contribution < -0.4 is 10.2 Å². The smallest absolute Gasteiger partial charge is 0.367 e. The fraction of sp³-hybridized carbons (Fsp3) is 0.440. The number of anilines is 2. The summed E-state index contributed by atoms with van der Waals surface area (Å²) in [4.78, 5) is 28.6. The van der Waals surface area contributed by atoms with E-state index >= 15 is 0 Å². The van der Waals surface area contributed by atoms with Crippen molar-refractivity contribution in [3.8, 4) is 0 Å². The molecule has 4 rings (SSSR count). The predicted octanol–water partition coefficient (Wildman–Crippen LogP) is 5.00. The molecule has 0 bridgehead atoms. The molecule has 0 saturated carbocycles. The molecule has 2 aromatic carbocycles. The lowest BCUT2D eigenvalue weighted by atomic mass is 9.99. The van der Waals surface area contributed by atoms with Gasteiger partial charge in [0.15, 0.2) is 0 Å². The molecule has 2 amide bonds. The van der Waals surface area contributed by atoms with E-state index in [4.69, 9.17) is 0 Å². The van der Waals surface area contributed by atoms with Crippen LogP contribution in [-0.4, -0.2) is 35.8 Å². The Bertz CT molecular complexity index is 1020. The van der Waals surface area contributed by atoms with Gasteiger partial charge < -0.3 is 15.1 Å². The summed E-state index contributed by atoms with van der Waals surface area (Å²) in [7, 11) is 0. The highest BCUT2D eigenvalue weighted by Gasteiger charge is 2.31. The first-order valence-electron chi connectivity index (χ1n) is 11.3. The van der Waals surface area contributed by atoms with Crippen LogP contribution in [0.15, 0.2) is 42.5 Å². The van der Waals surface area contributed by atoms with Crippen molar-refractivity contribution in [2.45, 2.75) is 57.8 Å². The Morgan fingerprint density at radius 1 is 1.03 bits per heavy atom. The van der Waals surface area contributed by atoms with Gasteiger partial charge in [-0.3, -0.25) is 9.59 Å². The molecule has 0 unspecified atom stereocenters. The summed E-state index contributed by atoms with van der Waals surface area (Å²) >= 11 is 0. The molecule has 0 spiro atoms. The van der Waals surface area contributed by atoms with Gasteiger partial charge in [-0.2, -0.15) is 13.2 Å². The van der Waals surface area contributed by atoms with E-state index in [0.29, 0.717) is 25.2 Å². The summed E-state index contributed by atoms with van der Waals surface area (Å²) in [6.45, 7) is 3.44. The van der Waals surface area contributed by atoms with E-state index in [1.807, 2.05) is 18.2 Å². The summed E-state index contributed by atoms with van der Waals surface area (Å²) in [5, 5.41) is 2.97. The number of hydrogen-bond donors (Lipinski definition) is 1. The number of carbonyl (C=O) groups excluding carboxylic acids is 2. The number of amides is 2. The SMILES string of the molecule is CC(=O)N1CCCC[C@@H]1C(=O)Nc1ccc2c(c1)CCCN2Cc1ccc(C(F)(F)F)cc1. The maximum atomic E-state index is 12.9. The van der Waals surface area contributed by atoms with Crippen LogP contribution in [0.25, 0.3) is 0 Å². The molecule has 1 N–H and O–H groups in total. The highest BCUT2D eigenvalue weighted by atomic mass is 19.4. The van der Waals surface area contributed by atoms with E-state index in [1.54, 1.807) is 4.90 Å². The third-order valence-electron chi connectivity index (χ3n) is 6.43. The molecule has 2 aliphatic rings. The first-order chi connectivity index (χ1) is 15.7. The Balaban J connectivity index is 1.46. The number of piperidine rings is 1. The van der Waals surface area contributed by atoms with Crippen LogP contribution in [0.2, 0.25) is 0 Å². The maximum Gasteiger partial charge on any atom is 0.416 e. The fourth-order valence-electron chi connectivity index (χ4n) is 4.74. The molecule has 1 atom stereocenters. The maximum absolute atomic E-state index is 12.9. The molecule has 0 aromatic heterocycles. The zero-order valence-corrected chi connectivity index (χ0v) is 18.6. The van der Waals surface area contributed by atoms with Gasteiger partial charge in [-0.1, -0.05) is 12.1 Å². The average molecular weight is 460 g/mol. The highest BCUT2D eigenvalue weighted by Crippen LogP contribution is 2.33. The molecule has 1 saturated heterocycles. The van der Waals surface area contributed by atoms with Crippen LogP contribution in [0.3, 0.4) is 0 Å². The lowest BCUT2D eigenvalue weighted by Crippen LogP contribution is -2.49. The molecule has 176 valence electrons. The normalized spacial score (nSPS) is 18.6. The van der Waals surface area contributed by atoms with Crippen molar-refractivity contribution in [3.05, 3.63) is 59.2 Å². The quantitative estimate of drug-likeness (QED) is 0.700. The Labute approximate surface area is 191 Å². The molecule has 33 heavy (non-hydrogen) atoms. The Morgan fingerprint density at radius 3 is 2.48 bits per heavy atom. The van der Waals surface area contributed by atoms with E-state index in [1.165, 1.54) is 19.1 Å². The lowest BCUT2D eigenvalue weighted by Gasteiger charge is -2.34. The topological polar surface area (TPSA) is 52.7 Å². The Hall–Kier alpha value is -3.03. The van der Waals surface area contributed by atoms with Gasteiger partial charge in [0.05, 0.1) is 5.56 Å². The summed E-state index contributed by atoms with van der Waals surface area (Å²) in [5.41, 5.74) is 2.99.